The Bertz CT molecular complexity index is 451. The third-order valence-corrected chi connectivity index (χ3v) is 3.88. The molecule has 0 aliphatic carbocycles. The van der Waals surface area contributed by atoms with Gasteiger partial charge in [0.25, 0.3) is 5.88 Å². The molecule has 1 aromatic heterocycles. The summed E-state index contributed by atoms with van der Waals surface area (Å²) in [4.78, 5) is 2.07. The van der Waals surface area contributed by atoms with Crippen molar-refractivity contribution in [3.63, 3.8) is 0 Å². The molecule has 1 aromatic rings. The van der Waals surface area contributed by atoms with E-state index in [4.69, 9.17) is 14.6 Å². The first-order chi connectivity index (χ1) is 10.5. The number of β-amino-alcohol motifs (C(OH)–C–C–N with tert-alkyl or cyclic N) is 1. The number of hydrogen-bond donors (Lipinski definition) is 3. The van der Waals surface area contributed by atoms with Gasteiger partial charge in [0.1, 0.15) is 12.7 Å². The number of hydrogen-bond acceptors (Lipinski definition) is 9. The molecule has 2 heterocycles. The van der Waals surface area contributed by atoms with Gasteiger partial charge in [0.15, 0.2) is 0 Å². The number of anilines is 1. The van der Waals surface area contributed by atoms with Crippen molar-refractivity contribution in [1.29, 1.82) is 0 Å². The minimum Gasteiger partial charge on any atom is -0.472 e. The van der Waals surface area contributed by atoms with Crippen LogP contribution in [0.15, 0.2) is 0 Å². The fourth-order valence-corrected chi connectivity index (χ4v) is 2.44. The van der Waals surface area contributed by atoms with E-state index in [1.54, 1.807) is 0 Å². The van der Waals surface area contributed by atoms with Gasteiger partial charge in [-0.25, -0.2) is 0 Å². The van der Waals surface area contributed by atoms with Crippen LogP contribution in [0.5, 0.6) is 5.88 Å². The number of rotatable bonds is 8. The molecule has 0 spiro atoms. The lowest BCUT2D eigenvalue weighted by Crippen LogP contribution is -2.47. The minimum atomic E-state index is -0.690. The molecule has 0 bridgehead atoms. The third-order valence-electron chi connectivity index (χ3n) is 3.38. The average Bonchev–Trinajstić information content (AvgIpc) is 3.00. The number of ether oxygens (including phenoxy) is 2. The Morgan fingerprint density at radius 2 is 2.14 bits per heavy atom. The monoisotopic (exact) mass is 332 g/mol. The molecule has 3 N–H and O–H groups in total. The van der Waals surface area contributed by atoms with Gasteiger partial charge in [0, 0.05) is 25.2 Å². The summed E-state index contributed by atoms with van der Waals surface area (Å²) in [6.07, 6.45) is -0.690. The van der Waals surface area contributed by atoms with Crippen molar-refractivity contribution in [2.75, 3.05) is 51.0 Å². The molecule has 1 atom stereocenters. The van der Waals surface area contributed by atoms with E-state index >= 15 is 0 Å². The largest absolute Gasteiger partial charge is 0.472 e. The van der Waals surface area contributed by atoms with E-state index in [-0.39, 0.29) is 13.2 Å². The van der Waals surface area contributed by atoms with Crippen LogP contribution in [0, 0.1) is 0 Å². The van der Waals surface area contributed by atoms with Crippen LogP contribution in [-0.2, 0) is 4.74 Å². The van der Waals surface area contributed by atoms with E-state index in [0.717, 1.165) is 24.8 Å². The van der Waals surface area contributed by atoms with Gasteiger partial charge in [-0.1, -0.05) is 0 Å². The van der Waals surface area contributed by atoms with Crippen LogP contribution >= 0.6 is 11.7 Å². The van der Waals surface area contributed by atoms with Crippen LogP contribution in [-0.4, -0.2) is 76.7 Å². The van der Waals surface area contributed by atoms with Crippen molar-refractivity contribution < 1.29 is 19.7 Å². The zero-order valence-corrected chi connectivity index (χ0v) is 13.8. The molecule has 126 valence electrons. The Labute approximate surface area is 134 Å². The van der Waals surface area contributed by atoms with Crippen LogP contribution in [0.2, 0.25) is 0 Å². The molecule has 1 aliphatic rings. The Hall–Kier alpha value is -1.00. The Morgan fingerprint density at radius 1 is 1.41 bits per heavy atom. The van der Waals surface area contributed by atoms with Gasteiger partial charge in [0.05, 0.1) is 31.5 Å². The SMILES string of the molecule is CC(C)(CO)NC[C@@H](O)COc1nsnc1N1CCOCC1. The molecule has 8 nitrogen and oxygen atoms in total. The Balaban J connectivity index is 1.80. The van der Waals surface area contributed by atoms with Crippen molar-refractivity contribution in [3.05, 3.63) is 0 Å². The number of aliphatic hydroxyl groups excluding tert-OH is 2. The first-order valence-corrected chi connectivity index (χ1v) is 8.07. The molecule has 0 aromatic carbocycles. The van der Waals surface area contributed by atoms with E-state index in [2.05, 4.69) is 19.0 Å². The Morgan fingerprint density at radius 3 is 2.82 bits per heavy atom. The van der Waals surface area contributed by atoms with Crippen LogP contribution in [0.4, 0.5) is 5.82 Å². The number of aliphatic hydroxyl groups is 2. The van der Waals surface area contributed by atoms with Crippen LogP contribution < -0.4 is 15.0 Å². The molecule has 0 saturated carbocycles. The average molecular weight is 332 g/mol. The lowest BCUT2D eigenvalue weighted by atomic mass is 10.1. The van der Waals surface area contributed by atoms with E-state index in [1.807, 2.05) is 13.8 Å². The molecule has 1 aliphatic heterocycles. The second-order valence-electron chi connectivity index (χ2n) is 5.88. The maximum atomic E-state index is 9.96. The molecule has 0 amide bonds. The normalized spacial score (nSPS) is 17.5. The predicted octanol–water partition coefficient (Wildman–Crippen LogP) is -0.525. The number of morpholine rings is 1. The second-order valence-corrected chi connectivity index (χ2v) is 6.41. The van der Waals surface area contributed by atoms with E-state index in [1.165, 1.54) is 0 Å². The summed E-state index contributed by atoms with van der Waals surface area (Å²) in [6.45, 7) is 7.03. The highest BCUT2D eigenvalue weighted by atomic mass is 32.1. The van der Waals surface area contributed by atoms with Crippen LogP contribution in [0.3, 0.4) is 0 Å². The number of nitrogens with zero attached hydrogens (tertiary/aromatic N) is 3. The summed E-state index contributed by atoms with van der Waals surface area (Å²) in [7, 11) is 0. The zero-order chi connectivity index (χ0) is 16.0. The maximum Gasteiger partial charge on any atom is 0.270 e. The first-order valence-electron chi connectivity index (χ1n) is 7.34. The van der Waals surface area contributed by atoms with Crippen LogP contribution in [0.25, 0.3) is 0 Å². The highest BCUT2D eigenvalue weighted by Gasteiger charge is 2.21. The highest BCUT2D eigenvalue weighted by molar-refractivity contribution is 6.99. The summed E-state index contributed by atoms with van der Waals surface area (Å²) in [5.41, 5.74) is -0.428. The number of aromatic nitrogens is 2. The standard InChI is InChI=1S/C13H24N4O4S/c1-13(2,9-18)14-7-10(19)8-21-12-11(15-22-16-12)17-3-5-20-6-4-17/h10,14,18-19H,3-9H2,1-2H3/t10-/m1/s1. The Kier molecular flexibility index (Phi) is 6.33. The number of nitrogens with one attached hydrogen (secondary N) is 1. The van der Waals surface area contributed by atoms with E-state index < -0.39 is 11.6 Å². The first kappa shape index (κ1) is 17.4. The van der Waals surface area contributed by atoms with E-state index in [9.17, 15) is 5.11 Å². The molecule has 1 saturated heterocycles. The molecule has 2 rings (SSSR count). The topological polar surface area (TPSA) is 100.0 Å². The molecular weight excluding hydrogens is 308 g/mol. The maximum absolute atomic E-state index is 9.96. The third kappa shape index (κ3) is 5.03. The van der Waals surface area contributed by atoms with Gasteiger partial charge in [-0.2, -0.15) is 4.37 Å². The fraction of sp³-hybridized carbons (Fsp3) is 0.846. The summed E-state index contributed by atoms with van der Waals surface area (Å²) in [5, 5.41) is 22.2. The zero-order valence-electron chi connectivity index (χ0n) is 13.0. The van der Waals surface area contributed by atoms with Crippen molar-refractivity contribution in [2.45, 2.75) is 25.5 Å². The van der Waals surface area contributed by atoms with Gasteiger partial charge >= 0.3 is 0 Å². The van der Waals surface area contributed by atoms with Crippen molar-refractivity contribution >= 4 is 17.5 Å². The molecule has 9 heteroatoms. The second kappa shape index (κ2) is 8.02. The fourth-order valence-electron chi connectivity index (χ4n) is 1.92. The lowest BCUT2D eigenvalue weighted by Gasteiger charge is -2.27. The summed E-state index contributed by atoms with van der Waals surface area (Å²) < 4.78 is 19.3. The smallest absolute Gasteiger partial charge is 0.270 e. The van der Waals surface area contributed by atoms with Gasteiger partial charge in [-0.15, -0.1) is 4.37 Å². The lowest BCUT2D eigenvalue weighted by molar-refractivity contribution is 0.0887. The van der Waals surface area contributed by atoms with Crippen molar-refractivity contribution in [2.24, 2.45) is 0 Å². The van der Waals surface area contributed by atoms with Crippen molar-refractivity contribution in [3.8, 4) is 5.88 Å². The van der Waals surface area contributed by atoms with Crippen molar-refractivity contribution in [1.82, 2.24) is 14.1 Å². The quantitative estimate of drug-likeness (QED) is 0.584. The summed E-state index contributed by atoms with van der Waals surface area (Å²) in [5.74, 6) is 1.16. The summed E-state index contributed by atoms with van der Waals surface area (Å²) >= 11 is 1.09. The molecule has 1 fully saturated rings. The van der Waals surface area contributed by atoms with Gasteiger partial charge in [-0.05, 0) is 13.8 Å². The highest BCUT2D eigenvalue weighted by Crippen LogP contribution is 2.26. The molecule has 0 unspecified atom stereocenters. The molecule has 0 radical (unpaired) electrons. The molecular formula is C13H24N4O4S. The van der Waals surface area contributed by atoms with E-state index in [0.29, 0.717) is 31.5 Å². The van der Waals surface area contributed by atoms with Gasteiger partial charge < -0.3 is 29.9 Å². The minimum absolute atomic E-state index is 0.00222. The summed E-state index contributed by atoms with van der Waals surface area (Å²) in [6, 6.07) is 0. The predicted molar refractivity (Wildman–Crippen MR) is 83.6 cm³/mol. The molecule has 22 heavy (non-hydrogen) atoms. The van der Waals surface area contributed by atoms with Gasteiger partial charge in [-0.3, -0.25) is 0 Å². The van der Waals surface area contributed by atoms with Gasteiger partial charge in [0.2, 0.25) is 5.82 Å². The van der Waals surface area contributed by atoms with Crippen LogP contribution in [0.1, 0.15) is 13.8 Å².